The average Bonchev–Trinajstić information content (AvgIpc) is 2.33. The molecule has 0 heterocycles. The summed E-state index contributed by atoms with van der Waals surface area (Å²) in [7, 11) is 0. The second-order valence-electron chi connectivity index (χ2n) is 3.91. The fourth-order valence-electron chi connectivity index (χ4n) is 1.22. The number of ether oxygens (including phenoxy) is 2. The van der Waals surface area contributed by atoms with Gasteiger partial charge in [0.1, 0.15) is 6.61 Å². The Bertz CT molecular complexity index is 325. The predicted molar refractivity (Wildman–Crippen MR) is 65.7 cm³/mol. The molecule has 1 rings (SSSR count). The number of hydrogen-bond acceptors (Lipinski definition) is 3. The van der Waals surface area contributed by atoms with E-state index in [1.165, 1.54) is 0 Å². The predicted octanol–water partition coefficient (Wildman–Crippen LogP) is 2.34. The molecule has 4 heteroatoms. The summed E-state index contributed by atoms with van der Waals surface area (Å²) in [6.45, 7) is 5.16. The second-order valence-corrected chi connectivity index (χ2v) is 3.91. The number of carbonyl (C=O) groups is 1. The number of rotatable bonds is 6. The molecule has 0 atom stereocenters. The van der Waals surface area contributed by atoms with Gasteiger partial charge in [0.15, 0.2) is 0 Å². The summed E-state index contributed by atoms with van der Waals surface area (Å²) in [6, 6.07) is 9.57. The van der Waals surface area contributed by atoms with E-state index in [1.807, 2.05) is 44.2 Å². The first-order valence-electron chi connectivity index (χ1n) is 5.74. The lowest BCUT2D eigenvalue weighted by molar-refractivity contribution is 0.0775. The van der Waals surface area contributed by atoms with Gasteiger partial charge in [-0.05, 0) is 19.4 Å². The summed E-state index contributed by atoms with van der Waals surface area (Å²) < 4.78 is 10.3. The maximum Gasteiger partial charge on any atom is 0.407 e. The Kier molecular flexibility index (Phi) is 6.10. The van der Waals surface area contributed by atoms with E-state index in [4.69, 9.17) is 9.47 Å². The van der Waals surface area contributed by atoms with Crippen LogP contribution < -0.4 is 5.32 Å². The van der Waals surface area contributed by atoms with Gasteiger partial charge >= 0.3 is 6.09 Å². The molecule has 0 aliphatic rings. The van der Waals surface area contributed by atoms with Crippen LogP contribution in [0, 0.1) is 0 Å². The average molecular weight is 237 g/mol. The molecule has 0 bridgehead atoms. The monoisotopic (exact) mass is 237 g/mol. The van der Waals surface area contributed by atoms with Gasteiger partial charge in [0.2, 0.25) is 0 Å². The molecule has 0 radical (unpaired) electrons. The van der Waals surface area contributed by atoms with Crippen LogP contribution in [-0.4, -0.2) is 25.3 Å². The molecule has 0 aliphatic heterocycles. The van der Waals surface area contributed by atoms with Crippen LogP contribution in [0.4, 0.5) is 4.79 Å². The molecule has 1 amide bonds. The number of amides is 1. The fraction of sp³-hybridized carbons (Fsp3) is 0.462. The quantitative estimate of drug-likeness (QED) is 0.772. The zero-order valence-electron chi connectivity index (χ0n) is 10.3. The van der Waals surface area contributed by atoms with Gasteiger partial charge in [0.05, 0.1) is 12.7 Å². The van der Waals surface area contributed by atoms with Crippen molar-refractivity contribution in [1.29, 1.82) is 0 Å². The molecule has 1 aromatic carbocycles. The molecular formula is C13H19NO3. The van der Waals surface area contributed by atoms with Gasteiger partial charge in [-0.2, -0.15) is 0 Å². The van der Waals surface area contributed by atoms with Gasteiger partial charge in [-0.15, -0.1) is 0 Å². The third kappa shape index (κ3) is 6.58. The van der Waals surface area contributed by atoms with Crippen molar-refractivity contribution >= 4 is 6.09 Å². The Hall–Kier alpha value is -1.55. The minimum Gasteiger partial charge on any atom is -0.445 e. The summed E-state index contributed by atoms with van der Waals surface area (Å²) >= 11 is 0. The third-order valence-electron chi connectivity index (χ3n) is 2.04. The lowest BCUT2D eigenvalue weighted by Crippen LogP contribution is -2.28. The molecule has 0 saturated carbocycles. The molecule has 17 heavy (non-hydrogen) atoms. The maximum atomic E-state index is 11.3. The number of carbonyl (C=O) groups excluding carboxylic acids is 1. The van der Waals surface area contributed by atoms with E-state index in [0.717, 1.165) is 5.56 Å². The Labute approximate surface area is 102 Å². The number of hydrogen-bond donors (Lipinski definition) is 1. The molecule has 0 fully saturated rings. The van der Waals surface area contributed by atoms with Gasteiger partial charge in [0, 0.05) is 6.54 Å². The maximum absolute atomic E-state index is 11.3. The van der Waals surface area contributed by atoms with Crippen LogP contribution in [0.15, 0.2) is 30.3 Å². The van der Waals surface area contributed by atoms with E-state index in [0.29, 0.717) is 13.2 Å². The smallest absolute Gasteiger partial charge is 0.407 e. The summed E-state index contributed by atoms with van der Waals surface area (Å²) in [6.07, 6.45) is -0.238. The van der Waals surface area contributed by atoms with Crippen LogP contribution in [0.2, 0.25) is 0 Å². The molecular weight excluding hydrogens is 218 g/mol. The van der Waals surface area contributed by atoms with Crippen molar-refractivity contribution in [3.05, 3.63) is 35.9 Å². The van der Waals surface area contributed by atoms with Gasteiger partial charge in [-0.3, -0.25) is 0 Å². The minimum absolute atomic E-state index is 0.178. The second kappa shape index (κ2) is 7.68. The van der Waals surface area contributed by atoms with Crippen molar-refractivity contribution in [2.24, 2.45) is 0 Å². The SMILES string of the molecule is CC(C)OCCNC(=O)OCc1ccccc1. The van der Waals surface area contributed by atoms with Crippen molar-refractivity contribution in [2.75, 3.05) is 13.2 Å². The van der Waals surface area contributed by atoms with Crippen LogP contribution in [0.25, 0.3) is 0 Å². The van der Waals surface area contributed by atoms with Crippen molar-refractivity contribution in [3.8, 4) is 0 Å². The highest BCUT2D eigenvalue weighted by Crippen LogP contribution is 2.00. The molecule has 0 aromatic heterocycles. The molecule has 0 spiro atoms. The van der Waals surface area contributed by atoms with Crippen LogP contribution in [0.1, 0.15) is 19.4 Å². The van der Waals surface area contributed by atoms with Crippen molar-refractivity contribution in [2.45, 2.75) is 26.6 Å². The van der Waals surface area contributed by atoms with Gasteiger partial charge in [-0.25, -0.2) is 4.79 Å². The topological polar surface area (TPSA) is 47.6 Å². The molecule has 0 unspecified atom stereocenters. The first-order valence-corrected chi connectivity index (χ1v) is 5.74. The molecule has 94 valence electrons. The summed E-state index contributed by atoms with van der Waals surface area (Å²) in [5.74, 6) is 0. The number of alkyl carbamates (subject to hydrolysis) is 1. The van der Waals surface area contributed by atoms with Gasteiger partial charge < -0.3 is 14.8 Å². The molecule has 4 nitrogen and oxygen atoms in total. The van der Waals surface area contributed by atoms with E-state index in [1.54, 1.807) is 0 Å². The Balaban J connectivity index is 2.09. The summed E-state index contributed by atoms with van der Waals surface area (Å²) in [4.78, 5) is 11.3. The largest absolute Gasteiger partial charge is 0.445 e. The fourth-order valence-corrected chi connectivity index (χ4v) is 1.22. The van der Waals surface area contributed by atoms with Crippen molar-refractivity contribution in [1.82, 2.24) is 5.32 Å². The number of benzene rings is 1. The normalized spacial score (nSPS) is 10.3. The van der Waals surface area contributed by atoms with Crippen LogP contribution >= 0.6 is 0 Å². The molecule has 0 saturated heterocycles. The lowest BCUT2D eigenvalue weighted by atomic mass is 10.2. The Morgan fingerprint density at radius 2 is 2.00 bits per heavy atom. The van der Waals surface area contributed by atoms with Crippen LogP contribution in [0.3, 0.4) is 0 Å². The molecule has 0 aliphatic carbocycles. The molecule has 1 N–H and O–H groups in total. The Morgan fingerprint density at radius 1 is 1.29 bits per heavy atom. The highest BCUT2D eigenvalue weighted by Gasteiger charge is 2.01. The van der Waals surface area contributed by atoms with Gasteiger partial charge in [-0.1, -0.05) is 30.3 Å². The molecule has 1 aromatic rings. The zero-order valence-corrected chi connectivity index (χ0v) is 10.3. The van der Waals surface area contributed by atoms with E-state index < -0.39 is 6.09 Å². The van der Waals surface area contributed by atoms with Gasteiger partial charge in [0.25, 0.3) is 0 Å². The highest BCUT2D eigenvalue weighted by atomic mass is 16.5. The summed E-state index contributed by atoms with van der Waals surface area (Å²) in [5, 5.41) is 2.62. The van der Waals surface area contributed by atoms with Crippen LogP contribution in [0.5, 0.6) is 0 Å². The third-order valence-corrected chi connectivity index (χ3v) is 2.04. The minimum atomic E-state index is -0.416. The highest BCUT2D eigenvalue weighted by molar-refractivity contribution is 5.67. The Morgan fingerprint density at radius 3 is 2.65 bits per heavy atom. The number of nitrogens with one attached hydrogen (secondary N) is 1. The lowest BCUT2D eigenvalue weighted by Gasteiger charge is -2.09. The first-order chi connectivity index (χ1) is 8.18. The van der Waals surface area contributed by atoms with E-state index in [-0.39, 0.29) is 12.7 Å². The standard InChI is InChI=1S/C13H19NO3/c1-11(2)16-9-8-14-13(15)17-10-12-6-4-3-5-7-12/h3-7,11H,8-10H2,1-2H3,(H,14,15). The van der Waals surface area contributed by atoms with Crippen molar-refractivity contribution in [3.63, 3.8) is 0 Å². The first kappa shape index (κ1) is 13.5. The van der Waals surface area contributed by atoms with E-state index in [2.05, 4.69) is 5.32 Å². The van der Waals surface area contributed by atoms with Crippen molar-refractivity contribution < 1.29 is 14.3 Å². The van der Waals surface area contributed by atoms with E-state index in [9.17, 15) is 4.79 Å². The van der Waals surface area contributed by atoms with E-state index >= 15 is 0 Å². The summed E-state index contributed by atoms with van der Waals surface area (Å²) in [5.41, 5.74) is 0.973. The zero-order chi connectivity index (χ0) is 12.5. The van der Waals surface area contributed by atoms with Crippen LogP contribution in [-0.2, 0) is 16.1 Å².